The Kier molecular flexibility index (Phi) is 3.15. The highest BCUT2D eigenvalue weighted by Gasteiger charge is 2.70. The number of hydrogen-bond acceptors (Lipinski definition) is 5. The number of amides is 2. The number of rotatable bonds is 5. The molecule has 17 heavy (non-hydrogen) atoms. The lowest BCUT2D eigenvalue weighted by molar-refractivity contribution is -0.150. The number of nitrogens with zero attached hydrogens (tertiary/aromatic N) is 1. The predicted molar refractivity (Wildman–Crippen MR) is 57.7 cm³/mol. The van der Waals surface area contributed by atoms with E-state index in [-0.39, 0.29) is 11.8 Å². The molecule has 6 nitrogen and oxygen atoms in total. The van der Waals surface area contributed by atoms with Crippen molar-refractivity contribution >= 4 is 17.8 Å². The molecule has 0 aromatic rings. The van der Waals surface area contributed by atoms with Crippen LogP contribution in [-0.2, 0) is 19.1 Å². The van der Waals surface area contributed by atoms with E-state index in [1.165, 1.54) is 12.0 Å². The van der Waals surface area contributed by atoms with Gasteiger partial charge >= 0.3 is 5.97 Å². The average molecular weight is 240 g/mol. The molecule has 1 heterocycles. The monoisotopic (exact) mass is 240 g/mol. The van der Waals surface area contributed by atoms with Crippen LogP contribution in [0.15, 0.2) is 0 Å². The fourth-order valence-corrected chi connectivity index (χ4v) is 2.46. The highest BCUT2D eigenvalue weighted by atomic mass is 16.5. The molecular weight excluding hydrogens is 224 g/mol. The molecule has 0 bridgehead atoms. The van der Waals surface area contributed by atoms with Crippen LogP contribution in [-0.4, -0.2) is 49.9 Å². The van der Waals surface area contributed by atoms with Gasteiger partial charge in [-0.15, -0.1) is 0 Å². The number of esters is 1. The first-order chi connectivity index (χ1) is 8.13. The number of piperidine rings is 1. The quantitative estimate of drug-likeness (QED) is 0.379. The van der Waals surface area contributed by atoms with Crippen LogP contribution < -0.4 is 5.32 Å². The molecule has 2 atom stereocenters. The molecule has 2 rings (SSSR count). The molecular formula is C11H16N2O4. The van der Waals surface area contributed by atoms with Crippen LogP contribution in [0.3, 0.4) is 0 Å². The molecule has 0 aromatic heterocycles. The normalized spacial score (nSPS) is 30.5. The summed E-state index contributed by atoms with van der Waals surface area (Å²) in [7, 11) is 3.09. The van der Waals surface area contributed by atoms with Crippen LogP contribution in [0.1, 0.15) is 6.42 Å². The summed E-state index contributed by atoms with van der Waals surface area (Å²) in [4.78, 5) is 36.3. The zero-order valence-corrected chi connectivity index (χ0v) is 9.93. The van der Waals surface area contributed by atoms with Gasteiger partial charge in [0.15, 0.2) is 0 Å². The third kappa shape index (κ3) is 1.82. The van der Waals surface area contributed by atoms with E-state index in [9.17, 15) is 14.4 Å². The van der Waals surface area contributed by atoms with Gasteiger partial charge in [0.05, 0.1) is 24.9 Å². The van der Waals surface area contributed by atoms with Crippen molar-refractivity contribution in [3.63, 3.8) is 0 Å². The summed E-state index contributed by atoms with van der Waals surface area (Å²) in [5.74, 6) is -2.32. The first-order valence-electron chi connectivity index (χ1n) is 5.71. The zero-order chi connectivity index (χ0) is 12.6. The summed E-state index contributed by atoms with van der Waals surface area (Å²) in [5.41, 5.74) is 0. The maximum atomic E-state index is 11.9. The Morgan fingerprint density at radius 1 is 1.35 bits per heavy atom. The topological polar surface area (TPSA) is 75.7 Å². The maximum Gasteiger partial charge on any atom is 0.310 e. The second-order valence-electron chi connectivity index (χ2n) is 4.39. The largest absolute Gasteiger partial charge is 0.469 e. The number of imide groups is 1. The first-order valence-corrected chi connectivity index (χ1v) is 5.71. The Hall–Kier alpha value is -1.43. The molecule has 2 unspecified atom stereocenters. The third-order valence-electron chi connectivity index (χ3n) is 3.40. The van der Waals surface area contributed by atoms with Gasteiger partial charge in [0.25, 0.3) is 0 Å². The van der Waals surface area contributed by atoms with E-state index < -0.39 is 23.7 Å². The van der Waals surface area contributed by atoms with Crippen molar-refractivity contribution in [3.8, 4) is 0 Å². The van der Waals surface area contributed by atoms with Crippen molar-refractivity contribution in [2.24, 2.45) is 17.8 Å². The molecule has 2 aliphatic rings. The number of ether oxygens (including phenoxy) is 1. The molecule has 2 amide bonds. The van der Waals surface area contributed by atoms with Crippen LogP contribution in [0.25, 0.3) is 0 Å². The zero-order valence-electron chi connectivity index (χ0n) is 9.93. The summed E-state index contributed by atoms with van der Waals surface area (Å²) in [6.07, 6.45) is 0.732. The molecule has 94 valence electrons. The molecule has 1 aliphatic heterocycles. The van der Waals surface area contributed by atoms with Crippen LogP contribution in [0.5, 0.6) is 0 Å². The third-order valence-corrected chi connectivity index (χ3v) is 3.40. The Labute approximate surface area is 99.3 Å². The Morgan fingerprint density at radius 2 is 1.94 bits per heavy atom. The number of carbonyl (C=O) groups excluding carboxylic acids is 3. The van der Waals surface area contributed by atoms with Gasteiger partial charge in [0.1, 0.15) is 0 Å². The van der Waals surface area contributed by atoms with Gasteiger partial charge in [-0.2, -0.15) is 0 Å². The van der Waals surface area contributed by atoms with Crippen molar-refractivity contribution in [1.82, 2.24) is 10.2 Å². The van der Waals surface area contributed by atoms with E-state index in [2.05, 4.69) is 10.1 Å². The molecule has 6 heteroatoms. The summed E-state index contributed by atoms with van der Waals surface area (Å²) in [5, 5.41) is 2.96. The van der Waals surface area contributed by atoms with E-state index in [4.69, 9.17) is 0 Å². The standard InChI is InChI=1S/C11H16N2O4/c1-12-4-3-5-13-9(14)6-7(10(13)15)8(6)11(16)17-2/h6-8,12H,3-5H2,1-2H3. The fraction of sp³-hybridized carbons (Fsp3) is 0.727. The minimum absolute atomic E-state index is 0.216. The lowest BCUT2D eigenvalue weighted by atomic mass is 10.2. The average Bonchev–Trinajstić information content (AvgIpc) is 3.02. The lowest BCUT2D eigenvalue weighted by Gasteiger charge is -2.17. The highest BCUT2D eigenvalue weighted by Crippen LogP contribution is 2.53. The van der Waals surface area contributed by atoms with Crippen LogP contribution >= 0.6 is 0 Å². The summed E-state index contributed by atoms with van der Waals surface area (Å²) >= 11 is 0. The smallest absolute Gasteiger partial charge is 0.310 e. The lowest BCUT2D eigenvalue weighted by Crippen LogP contribution is -2.37. The van der Waals surface area contributed by atoms with Gasteiger partial charge in [-0.05, 0) is 20.0 Å². The van der Waals surface area contributed by atoms with Crippen molar-refractivity contribution < 1.29 is 19.1 Å². The number of fused-ring (bicyclic) bond motifs is 1. The highest BCUT2D eigenvalue weighted by molar-refractivity contribution is 6.13. The summed E-state index contributed by atoms with van der Waals surface area (Å²) < 4.78 is 4.57. The van der Waals surface area contributed by atoms with E-state index in [1.807, 2.05) is 7.05 Å². The van der Waals surface area contributed by atoms with Crippen LogP contribution in [0.4, 0.5) is 0 Å². The van der Waals surface area contributed by atoms with Crippen molar-refractivity contribution in [3.05, 3.63) is 0 Å². The van der Waals surface area contributed by atoms with Crippen molar-refractivity contribution in [2.75, 3.05) is 27.2 Å². The molecule has 1 saturated carbocycles. The first kappa shape index (κ1) is 12.0. The fourth-order valence-electron chi connectivity index (χ4n) is 2.46. The number of hydrogen-bond donors (Lipinski definition) is 1. The molecule has 0 spiro atoms. The number of nitrogens with one attached hydrogen (secondary N) is 1. The number of carbonyl (C=O) groups is 3. The van der Waals surface area contributed by atoms with Crippen LogP contribution in [0, 0.1) is 17.8 Å². The maximum absolute atomic E-state index is 11.9. The minimum atomic E-state index is -0.527. The van der Waals surface area contributed by atoms with Crippen LogP contribution in [0.2, 0.25) is 0 Å². The Balaban J connectivity index is 1.94. The molecule has 1 N–H and O–H groups in total. The second-order valence-corrected chi connectivity index (χ2v) is 4.39. The van der Waals surface area contributed by atoms with Gasteiger partial charge in [-0.3, -0.25) is 19.3 Å². The van der Waals surface area contributed by atoms with Gasteiger partial charge in [0, 0.05) is 6.54 Å². The number of likely N-dealkylation sites (tertiary alicyclic amines) is 1. The Bertz CT molecular complexity index is 346. The molecule has 0 aromatic carbocycles. The van der Waals surface area contributed by atoms with Gasteiger partial charge < -0.3 is 10.1 Å². The van der Waals surface area contributed by atoms with E-state index in [0.717, 1.165) is 13.0 Å². The minimum Gasteiger partial charge on any atom is -0.469 e. The van der Waals surface area contributed by atoms with Crippen molar-refractivity contribution in [2.45, 2.75) is 6.42 Å². The molecule has 2 fully saturated rings. The molecule has 1 aliphatic carbocycles. The molecule has 1 saturated heterocycles. The number of methoxy groups -OCH3 is 1. The summed E-state index contributed by atoms with van der Waals surface area (Å²) in [6.45, 7) is 1.19. The summed E-state index contributed by atoms with van der Waals surface area (Å²) in [6, 6.07) is 0. The van der Waals surface area contributed by atoms with E-state index in [1.54, 1.807) is 0 Å². The van der Waals surface area contributed by atoms with E-state index in [0.29, 0.717) is 6.54 Å². The van der Waals surface area contributed by atoms with Crippen molar-refractivity contribution in [1.29, 1.82) is 0 Å². The predicted octanol–water partition coefficient (Wildman–Crippen LogP) is -1.00. The SMILES string of the molecule is CNCCCN1C(=O)C2C(C(=O)OC)C2C1=O. The van der Waals surface area contributed by atoms with Gasteiger partial charge in [0.2, 0.25) is 11.8 Å². The van der Waals surface area contributed by atoms with Gasteiger partial charge in [-0.25, -0.2) is 0 Å². The molecule has 0 radical (unpaired) electrons. The van der Waals surface area contributed by atoms with Gasteiger partial charge in [-0.1, -0.05) is 0 Å². The van der Waals surface area contributed by atoms with E-state index >= 15 is 0 Å². The second kappa shape index (κ2) is 4.44. The Morgan fingerprint density at radius 3 is 2.41 bits per heavy atom.